The molecular formula is C19H21ClN4O4. The number of amides is 1. The van der Waals surface area contributed by atoms with E-state index in [1.165, 1.54) is 0 Å². The minimum Gasteiger partial charge on any atom is -0.410 e. The molecule has 1 atom stereocenters. The van der Waals surface area contributed by atoms with Crippen molar-refractivity contribution < 1.29 is 18.6 Å². The van der Waals surface area contributed by atoms with Crippen LogP contribution >= 0.6 is 11.9 Å². The first-order chi connectivity index (χ1) is 13.6. The Morgan fingerprint density at radius 3 is 2.43 bits per heavy atom. The molecule has 1 aromatic carbocycles. The zero-order valence-corrected chi connectivity index (χ0v) is 15.9. The zero-order chi connectivity index (χ0) is 19.9. The fourth-order valence-electron chi connectivity index (χ4n) is 2.91. The van der Waals surface area contributed by atoms with Crippen molar-refractivity contribution in [2.45, 2.75) is 12.5 Å². The van der Waals surface area contributed by atoms with Gasteiger partial charge in [0.25, 0.3) is 0 Å². The Bertz CT molecular complexity index is 795. The highest BCUT2D eigenvalue weighted by atomic mass is 35.5. The smallest absolute Gasteiger partial charge is 0.410 e. The number of piperazine rings is 1. The van der Waals surface area contributed by atoms with Crippen LogP contribution in [0.3, 0.4) is 0 Å². The van der Waals surface area contributed by atoms with Crippen LogP contribution in [0.5, 0.6) is 5.75 Å². The SMILES string of the molecule is N[C@@H](Cc1ccc(OC(=O)N2CCN(c3ccccn3)CC2)cc1)C(=O)OCl. The van der Waals surface area contributed by atoms with Crippen LogP contribution in [0, 0.1) is 0 Å². The third kappa shape index (κ3) is 5.11. The number of pyridine rings is 1. The molecule has 0 spiro atoms. The Kier molecular flexibility index (Phi) is 6.67. The molecule has 2 heterocycles. The molecule has 1 amide bonds. The molecule has 28 heavy (non-hydrogen) atoms. The Labute approximate surface area is 168 Å². The third-order valence-corrected chi connectivity index (χ3v) is 4.63. The van der Waals surface area contributed by atoms with E-state index in [4.69, 9.17) is 22.3 Å². The van der Waals surface area contributed by atoms with E-state index in [1.807, 2.05) is 18.2 Å². The van der Waals surface area contributed by atoms with Crippen LogP contribution < -0.4 is 15.4 Å². The van der Waals surface area contributed by atoms with Crippen LogP contribution in [0.15, 0.2) is 48.7 Å². The maximum atomic E-state index is 12.4. The van der Waals surface area contributed by atoms with E-state index in [9.17, 15) is 9.59 Å². The van der Waals surface area contributed by atoms with Crippen LogP contribution in [-0.2, 0) is 15.5 Å². The molecule has 0 saturated carbocycles. The molecule has 1 fully saturated rings. The van der Waals surface area contributed by atoms with E-state index in [1.54, 1.807) is 35.4 Å². The normalized spacial score (nSPS) is 15.1. The topological polar surface area (TPSA) is 98.0 Å². The van der Waals surface area contributed by atoms with Gasteiger partial charge in [0.2, 0.25) is 0 Å². The van der Waals surface area contributed by atoms with Crippen molar-refractivity contribution >= 4 is 29.7 Å². The number of nitrogens with two attached hydrogens (primary N) is 1. The van der Waals surface area contributed by atoms with Crippen molar-refractivity contribution in [3.63, 3.8) is 0 Å². The molecule has 148 valence electrons. The quantitative estimate of drug-likeness (QED) is 0.813. The van der Waals surface area contributed by atoms with E-state index >= 15 is 0 Å². The van der Waals surface area contributed by atoms with Crippen LogP contribution in [0.1, 0.15) is 5.56 Å². The number of hydrogen-bond donors (Lipinski definition) is 1. The van der Waals surface area contributed by atoms with Crippen LogP contribution in [0.25, 0.3) is 0 Å². The number of anilines is 1. The van der Waals surface area contributed by atoms with Crippen molar-refractivity contribution in [1.29, 1.82) is 0 Å². The first kappa shape index (κ1) is 19.9. The molecule has 3 rings (SSSR count). The maximum Gasteiger partial charge on any atom is 0.415 e. The highest BCUT2D eigenvalue weighted by molar-refractivity contribution is 6.13. The maximum absolute atomic E-state index is 12.4. The van der Waals surface area contributed by atoms with E-state index in [-0.39, 0.29) is 6.42 Å². The van der Waals surface area contributed by atoms with Crippen molar-refractivity contribution in [2.24, 2.45) is 5.73 Å². The summed E-state index contributed by atoms with van der Waals surface area (Å²) in [6.45, 7) is 2.50. The van der Waals surface area contributed by atoms with Crippen LogP contribution in [0.4, 0.5) is 10.6 Å². The molecule has 1 aliphatic rings. The highest BCUT2D eigenvalue weighted by Crippen LogP contribution is 2.17. The molecule has 0 radical (unpaired) electrons. The van der Waals surface area contributed by atoms with Gasteiger partial charge in [0.1, 0.15) is 29.5 Å². The number of hydrogen-bond acceptors (Lipinski definition) is 7. The van der Waals surface area contributed by atoms with Gasteiger partial charge in [0, 0.05) is 32.4 Å². The summed E-state index contributed by atoms with van der Waals surface area (Å²) in [7, 11) is 0. The number of carbonyl (C=O) groups excluding carboxylic acids is 2. The fourth-order valence-corrected chi connectivity index (χ4v) is 3.03. The molecule has 0 unspecified atom stereocenters. The standard InChI is InChI=1S/C19H21ClN4O4/c20-28-18(25)16(21)13-14-4-6-15(7-5-14)27-19(26)24-11-9-23(10-12-24)17-3-1-2-8-22-17/h1-8,16H,9-13,21H2/t16-/m0/s1. The van der Waals surface area contributed by atoms with Crippen molar-refractivity contribution in [3.05, 3.63) is 54.2 Å². The lowest BCUT2D eigenvalue weighted by Gasteiger charge is -2.34. The molecule has 1 aromatic heterocycles. The largest absolute Gasteiger partial charge is 0.415 e. The average molecular weight is 405 g/mol. The Morgan fingerprint density at radius 1 is 1.11 bits per heavy atom. The molecule has 0 bridgehead atoms. The van der Waals surface area contributed by atoms with Crippen molar-refractivity contribution in [3.8, 4) is 5.75 Å². The number of halogens is 1. The van der Waals surface area contributed by atoms with Gasteiger partial charge in [-0.15, -0.1) is 0 Å². The summed E-state index contributed by atoms with van der Waals surface area (Å²) in [5.41, 5.74) is 6.47. The lowest BCUT2D eigenvalue weighted by atomic mass is 10.1. The molecule has 8 nitrogen and oxygen atoms in total. The number of benzene rings is 1. The predicted molar refractivity (Wildman–Crippen MR) is 104 cm³/mol. The van der Waals surface area contributed by atoms with Gasteiger partial charge >= 0.3 is 12.1 Å². The average Bonchev–Trinajstić information content (AvgIpc) is 2.75. The molecule has 2 N–H and O–H groups in total. The molecule has 2 aromatic rings. The first-order valence-corrected chi connectivity index (χ1v) is 9.17. The van der Waals surface area contributed by atoms with Gasteiger partial charge in [-0.3, -0.25) is 0 Å². The van der Waals surface area contributed by atoms with Crippen LogP contribution in [-0.4, -0.2) is 54.2 Å². The summed E-state index contributed by atoms with van der Waals surface area (Å²) in [5, 5.41) is 0. The highest BCUT2D eigenvalue weighted by Gasteiger charge is 2.23. The van der Waals surface area contributed by atoms with Gasteiger partial charge in [0.05, 0.1) is 0 Å². The number of ether oxygens (including phenoxy) is 1. The Balaban J connectivity index is 1.49. The van der Waals surface area contributed by atoms with E-state index in [2.05, 4.69) is 14.2 Å². The van der Waals surface area contributed by atoms with E-state index in [0.29, 0.717) is 31.9 Å². The van der Waals surface area contributed by atoms with Gasteiger partial charge < -0.3 is 24.6 Å². The molecule has 9 heteroatoms. The second-order valence-electron chi connectivity index (χ2n) is 6.38. The van der Waals surface area contributed by atoms with Gasteiger partial charge in [0.15, 0.2) is 0 Å². The molecule has 1 saturated heterocycles. The monoisotopic (exact) mass is 404 g/mol. The summed E-state index contributed by atoms with van der Waals surface area (Å²) in [6, 6.07) is 11.7. The number of aromatic nitrogens is 1. The minimum atomic E-state index is -0.846. The summed E-state index contributed by atoms with van der Waals surface area (Å²) < 4.78 is 9.52. The van der Waals surface area contributed by atoms with E-state index < -0.39 is 18.1 Å². The number of carbonyl (C=O) groups is 2. The molecule has 1 aliphatic heterocycles. The van der Waals surface area contributed by atoms with E-state index in [0.717, 1.165) is 11.4 Å². The van der Waals surface area contributed by atoms with Crippen molar-refractivity contribution in [2.75, 3.05) is 31.1 Å². The predicted octanol–water partition coefficient (Wildman–Crippen LogP) is 1.97. The summed E-state index contributed by atoms with van der Waals surface area (Å²) in [5.74, 6) is 0.638. The fraction of sp³-hybridized carbons (Fsp3) is 0.316. The number of rotatable bonds is 5. The van der Waals surface area contributed by atoms with Gasteiger partial charge in [-0.05, 0) is 36.2 Å². The second kappa shape index (κ2) is 9.38. The van der Waals surface area contributed by atoms with Gasteiger partial charge in [-0.2, -0.15) is 0 Å². The van der Waals surface area contributed by atoms with Gasteiger partial charge in [-0.25, -0.2) is 14.6 Å². The summed E-state index contributed by atoms with van der Waals surface area (Å²) in [4.78, 5) is 31.8. The third-order valence-electron chi connectivity index (χ3n) is 4.47. The van der Waals surface area contributed by atoms with Gasteiger partial charge in [-0.1, -0.05) is 18.2 Å². The number of nitrogens with zero attached hydrogens (tertiary/aromatic N) is 3. The summed E-state index contributed by atoms with van der Waals surface area (Å²) >= 11 is 5.02. The zero-order valence-electron chi connectivity index (χ0n) is 15.2. The minimum absolute atomic E-state index is 0.273. The van der Waals surface area contributed by atoms with Crippen molar-refractivity contribution in [1.82, 2.24) is 9.88 Å². The first-order valence-electron chi connectivity index (χ1n) is 8.86. The second-order valence-corrected chi connectivity index (χ2v) is 6.54. The summed E-state index contributed by atoms with van der Waals surface area (Å²) in [6.07, 6.45) is 1.64. The lowest BCUT2D eigenvalue weighted by molar-refractivity contribution is -0.135. The molecule has 0 aliphatic carbocycles. The Hall–Kier alpha value is -2.84. The lowest BCUT2D eigenvalue weighted by Crippen LogP contribution is -2.49. The van der Waals surface area contributed by atoms with Crippen LogP contribution in [0.2, 0.25) is 0 Å². The Morgan fingerprint density at radius 2 is 1.82 bits per heavy atom. The molecular weight excluding hydrogens is 384 g/mol.